The Labute approximate surface area is 210 Å². The fraction of sp³-hybridized carbons (Fsp3) is 0.370. The number of piperidine rings is 1. The lowest BCUT2D eigenvalue weighted by molar-refractivity contribution is -0.274. The number of allylic oxidation sites excluding steroid dienone is 1. The summed E-state index contributed by atoms with van der Waals surface area (Å²) in [6.07, 6.45) is -8.58. The number of carboxylic acids is 1. The maximum Gasteiger partial charge on any atom is 0.573 e. The molecule has 0 unspecified atom stereocenters. The number of rotatable bonds is 6. The Bertz CT molecular complexity index is 1160. The van der Waals surface area contributed by atoms with E-state index in [9.17, 15) is 36.2 Å². The lowest BCUT2D eigenvalue weighted by atomic mass is 9.83. The number of halogens is 6. The van der Waals surface area contributed by atoms with Gasteiger partial charge in [-0.25, -0.2) is 0 Å². The molecule has 10 heteroatoms. The van der Waals surface area contributed by atoms with Gasteiger partial charge in [-0.15, -0.1) is 13.2 Å². The number of aliphatic carboxylic acids is 1. The fourth-order valence-corrected chi connectivity index (χ4v) is 4.42. The second-order valence-electron chi connectivity index (χ2n) is 8.93. The van der Waals surface area contributed by atoms with Crippen molar-refractivity contribution in [1.82, 2.24) is 4.90 Å². The van der Waals surface area contributed by atoms with E-state index in [1.165, 1.54) is 36.4 Å². The van der Waals surface area contributed by atoms with Gasteiger partial charge in [0.2, 0.25) is 0 Å². The van der Waals surface area contributed by atoms with E-state index >= 15 is 0 Å². The first-order chi connectivity index (χ1) is 17.2. The Morgan fingerprint density at radius 1 is 1.11 bits per heavy atom. The minimum Gasteiger partial charge on any atom is -0.481 e. The summed E-state index contributed by atoms with van der Waals surface area (Å²) in [5.74, 6) is 4.40. The van der Waals surface area contributed by atoms with Gasteiger partial charge in [0.05, 0.1) is 11.6 Å². The lowest BCUT2D eigenvalue weighted by Crippen LogP contribution is -2.39. The van der Waals surface area contributed by atoms with Crippen molar-refractivity contribution < 1.29 is 41.0 Å². The zero-order valence-corrected chi connectivity index (χ0v) is 19.9. The summed E-state index contributed by atoms with van der Waals surface area (Å²) in [6.45, 7) is 5.83. The number of likely N-dealkylation sites (tertiary alicyclic amines) is 1. The number of hydrogen-bond donors (Lipinski definition) is 1. The molecule has 0 spiro atoms. The summed E-state index contributed by atoms with van der Waals surface area (Å²) in [5, 5.41) is 9.29. The first-order valence-corrected chi connectivity index (χ1v) is 11.4. The zero-order chi connectivity index (χ0) is 27.4. The molecule has 1 aliphatic rings. The molecule has 3 rings (SSSR count). The van der Waals surface area contributed by atoms with Gasteiger partial charge in [-0.3, -0.25) is 9.69 Å². The average molecular weight is 525 g/mol. The molecule has 4 nitrogen and oxygen atoms in total. The minimum atomic E-state index is -4.85. The Balaban J connectivity index is 2.01. The van der Waals surface area contributed by atoms with Gasteiger partial charge in [-0.2, -0.15) is 13.2 Å². The molecule has 1 fully saturated rings. The molecule has 1 aliphatic heterocycles. The van der Waals surface area contributed by atoms with E-state index in [-0.39, 0.29) is 12.3 Å². The number of carbonyl (C=O) groups is 1. The van der Waals surface area contributed by atoms with Crippen LogP contribution in [-0.2, 0) is 11.0 Å². The van der Waals surface area contributed by atoms with Crippen LogP contribution in [0.15, 0.2) is 60.7 Å². The van der Waals surface area contributed by atoms with Gasteiger partial charge in [-0.1, -0.05) is 42.7 Å². The molecule has 1 saturated heterocycles. The van der Waals surface area contributed by atoms with E-state index in [0.717, 1.165) is 12.1 Å². The van der Waals surface area contributed by atoms with Crippen LogP contribution >= 0.6 is 0 Å². The molecule has 0 aromatic heterocycles. The number of carboxylic acid groups (broad SMARTS) is 1. The highest BCUT2D eigenvalue weighted by Gasteiger charge is 2.36. The summed E-state index contributed by atoms with van der Waals surface area (Å²) < 4.78 is 81.1. The van der Waals surface area contributed by atoms with Crippen LogP contribution in [0.25, 0.3) is 0 Å². The molecule has 0 saturated carbocycles. The molecular weight excluding hydrogens is 500 g/mol. The largest absolute Gasteiger partial charge is 0.573 e. The van der Waals surface area contributed by atoms with Crippen molar-refractivity contribution >= 4 is 5.97 Å². The molecular formula is C27H25F6NO3. The molecule has 3 atom stereocenters. The SMILES string of the molecule is C=C(C)C#C[C@@H](c1ccc(OC(F)(F)F)cc1)N1CC[C@H](CC(=O)O)C[C@@H]1c1ccc(C(F)(F)F)cc1. The highest BCUT2D eigenvalue weighted by atomic mass is 19.4. The van der Waals surface area contributed by atoms with E-state index in [1.807, 2.05) is 4.90 Å². The van der Waals surface area contributed by atoms with Crippen molar-refractivity contribution in [2.75, 3.05) is 6.54 Å². The first-order valence-electron chi connectivity index (χ1n) is 11.4. The Morgan fingerprint density at radius 3 is 2.24 bits per heavy atom. The standard InChI is InChI=1S/C27H25F6NO3/c1-17(2)3-12-23(19-6-10-22(11-7-19)37-27(31,32)33)34-14-13-18(16-25(35)36)15-24(34)20-4-8-21(9-5-20)26(28,29)30/h4-11,18,23-24H,1,13-16H2,2H3,(H,35,36)/t18-,23-,24+/m0/s1. The molecule has 2 aromatic carbocycles. The summed E-state index contributed by atoms with van der Waals surface area (Å²) in [6, 6.07) is 8.81. The molecule has 1 N–H and O–H groups in total. The van der Waals surface area contributed by atoms with Crippen molar-refractivity contribution in [3.05, 3.63) is 77.4 Å². The van der Waals surface area contributed by atoms with Crippen molar-refractivity contribution in [2.24, 2.45) is 5.92 Å². The van der Waals surface area contributed by atoms with Gasteiger partial charge < -0.3 is 9.84 Å². The van der Waals surface area contributed by atoms with Crippen molar-refractivity contribution in [3.8, 4) is 17.6 Å². The molecule has 0 aliphatic carbocycles. The molecule has 0 amide bonds. The third kappa shape index (κ3) is 8.02. The van der Waals surface area contributed by atoms with Crippen LogP contribution in [0.2, 0.25) is 0 Å². The predicted octanol–water partition coefficient (Wildman–Crippen LogP) is 7.15. The normalized spacial score (nSPS) is 19.4. The Kier molecular flexibility index (Phi) is 8.59. The maximum absolute atomic E-state index is 13.1. The van der Waals surface area contributed by atoms with E-state index in [2.05, 4.69) is 23.2 Å². The van der Waals surface area contributed by atoms with Crippen LogP contribution in [0.5, 0.6) is 5.75 Å². The summed E-state index contributed by atoms with van der Waals surface area (Å²) in [4.78, 5) is 13.3. The van der Waals surface area contributed by atoms with E-state index < -0.39 is 41.9 Å². The lowest BCUT2D eigenvalue weighted by Gasteiger charge is -2.42. The third-order valence-electron chi connectivity index (χ3n) is 6.02. The van der Waals surface area contributed by atoms with E-state index in [0.29, 0.717) is 36.1 Å². The van der Waals surface area contributed by atoms with E-state index in [4.69, 9.17) is 0 Å². The van der Waals surface area contributed by atoms with Gasteiger partial charge in [0.25, 0.3) is 0 Å². The Hall–Kier alpha value is -3.45. The van der Waals surface area contributed by atoms with Crippen LogP contribution < -0.4 is 4.74 Å². The summed E-state index contributed by atoms with van der Waals surface area (Å²) in [5.41, 5.74) is 0.854. The average Bonchev–Trinajstić information content (AvgIpc) is 2.79. The van der Waals surface area contributed by atoms with Gasteiger partial charge in [-0.05, 0) is 66.6 Å². The van der Waals surface area contributed by atoms with Crippen LogP contribution in [0.4, 0.5) is 26.3 Å². The summed E-state index contributed by atoms with van der Waals surface area (Å²) >= 11 is 0. The molecule has 1 heterocycles. The van der Waals surface area contributed by atoms with Crippen LogP contribution in [0.3, 0.4) is 0 Å². The number of nitrogens with zero attached hydrogens (tertiary/aromatic N) is 1. The number of benzene rings is 2. The Morgan fingerprint density at radius 2 is 1.73 bits per heavy atom. The minimum absolute atomic E-state index is 0.0867. The van der Waals surface area contributed by atoms with Crippen LogP contribution in [0.1, 0.15) is 55.0 Å². The second kappa shape index (κ2) is 11.3. The summed E-state index contributed by atoms with van der Waals surface area (Å²) in [7, 11) is 0. The molecule has 198 valence electrons. The molecule has 2 aromatic rings. The highest BCUT2D eigenvalue weighted by molar-refractivity contribution is 5.67. The fourth-order valence-electron chi connectivity index (χ4n) is 4.42. The monoisotopic (exact) mass is 525 g/mol. The molecule has 0 radical (unpaired) electrons. The number of hydrogen-bond acceptors (Lipinski definition) is 3. The third-order valence-corrected chi connectivity index (χ3v) is 6.02. The smallest absolute Gasteiger partial charge is 0.481 e. The van der Waals surface area contributed by atoms with Crippen molar-refractivity contribution in [2.45, 2.75) is 50.8 Å². The number of ether oxygens (including phenoxy) is 1. The van der Waals surface area contributed by atoms with Crippen LogP contribution in [-0.4, -0.2) is 28.9 Å². The van der Waals surface area contributed by atoms with Gasteiger partial charge in [0, 0.05) is 19.0 Å². The van der Waals surface area contributed by atoms with Crippen molar-refractivity contribution in [3.63, 3.8) is 0 Å². The van der Waals surface area contributed by atoms with Crippen molar-refractivity contribution in [1.29, 1.82) is 0 Å². The highest BCUT2D eigenvalue weighted by Crippen LogP contribution is 2.42. The van der Waals surface area contributed by atoms with Gasteiger partial charge in [0.15, 0.2) is 0 Å². The number of alkyl halides is 6. The maximum atomic E-state index is 13.1. The van der Waals surface area contributed by atoms with Gasteiger partial charge in [0.1, 0.15) is 5.75 Å². The topological polar surface area (TPSA) is 49.8 Å². The molecule has 0 bridgehead atoms. The van der Waals surface area contributed by atoms with Gasteiger partial charge >= 0.3 is 18.5 Å². The second-order valence-corrected chi connectivity index (χ2v) is 8.93. The zero-order valence-electron chi connectivity index (χ0n) is 19.9. The first kappa shape index (κ1) is 28.1. The quantitative estimate of drug-likeness (QED) is 0.321. The predicted molar refractivity (Wildman–Crippen MR) is 124 cm³/mol. The van der Waals surface area contributed by atoms with E-state index in [1.54, 1.807) is 6.92 Å². The molecule has 37 heavy (non-hydrogen) atoms. The van der Waals surface area contributed by atoms with Crippen LogP contribution in [0, 0.1) is 17.8 Å².